The maximum absolute atomic E-state index is 5.90. The average molecular weight is 922 g/mol. The Kier molecular flexibility index (Phi) is 7.98. The Hall–Kier alpha value is -9.99. The molecule has 16 rings (SSSR count). The van der Waals surface area contributed by atoms with Crippen LogP contribution in [0.5, 0.6) is 0 Å². The minimum absolute atomic E-state index is 0.786. The molecule has 0 radical (unpaired) electrons. The normalized spacial score (nSPS) is 12.2. The van der Waals surface area contributed by atoms with E-state index in [9.17, 15) is 0 Å². The molecule has 0 unspecified atom stereocenters. The molecule has 7 heterocycles. The molecule has 0 saturated heterocycles. The smallest absolute Gasteiger partial charge is 0.186 e. The van der Waals surface area contributed by atoms with E-state index < -0.39 is 0 Å². The van der Waals surface area contributed by atoms with Crippen molar-refractivity contribution in [2.24, 2.45) is 0 Å². The van der Waals surface area contributed by atoms with Gasteiger partial charge in [-0.25, -0.2) is 0 Å². The summed E-state index contributed by atoms with van der Waals surface area (Å²) in [6, 6.07) is 84.0. The summed E-state index contributed by atoms with van der Waals surface area (Å²) < 4.78 is 13.6. The molecular weight excluding hydrogens is 883 g/mol. The number of fused-ring (bicyclic) bond motifs is 15. The molecule has 7 aromatic heterocycles. The van der Waals surface area contributed by atoms with Crippen LogP contribution in [-0.2, 0) is 0 Å². The Morgan fingerprint density at radius 1 is 0.208 bits per heavy atom. The van der Waals surface area contributed by atoms with Gasteiger partial charge in [-0.1, -0.05) is 200 Å². The van der Waals surface area contributed by atoms with Gasteiger partial charge in [-0.15, -0.1) is 0 Å². The number of para-hydroxylation sites is 6. The highest BCUT2D eigenvalue weighted by Gasteiger charge is 2.34. The predicted octanol–water partition coefficient (Wildman–Crippen LogP) is 14.9. The predicted molar refractivity (Wildman–Crippen MR) is 292 cm³/mol. The summed E-state index contributed by atoms with van der Waals surface area (Å²) in [5.74, 6) is 0. The number of rotatable bonds is 6. The fourth-order valence-electron chi connectivity index (χ4n) is 11.7. The summed E-state index contributed by atoms with van der Waals surface area (Å²) in [7, 11) is 0. The largest absolute Gasteiger partial charge is 0.304 e. The van der Waals surface area contributed by atoms with Crippen molar-refractivity contribution in [3.8, 4) is 50.8 Å². The standard InChI is InChI=1S/C63H39N9/c1-4-22-40(23-5-1)55-58(67-49-34-16-10-28-43(49)44-29-11-17-35-50(44)67)61-70(64-55)62-59(68-51-36-18-12-30-45(51)46-31-13-19-37-52(46)68)56(41-24-6-2-7-25-41)66-72(62)63-60(57(65-71(61)63)42-26-8-3-9-27-42)69-53-38-20-14-32-47(53)48-33-15-21-39-54(48)69/h1-39H. The quantitative estimate of drug-likeness (QED) is 0.167. The summed E-state index contributed by atoms with van der Waals surface area (Å²) in [5, 5.41) is 24.6. The van der Waals surface area contributed by atoms with E-state index in [1.54, 1.807) is 0 Å². The van der Waals surface area contributed by atoms with Crippen LogP contribution in [0, 0.1) is 0 Å². The molecule has 9 heteroatoms. The Balaban J connectivity index is 1.23. The first-order valence-corrected chi connectivity index (χ1v) is 24.3. The van der Waals surface area contributed by atoms with Crippen molar-refractivity contribution in [2.75, 3.05) is 0 Å². The SMILES string of the molecule is c1ccc(-c2nn3c(c2-n2c4ccccc4c4ccccc42)n2nc(-c4ccccc4)c(-n4c5ccccc5c5ccccc54)c2n2nc(-c4ccccc4)c(-n4c5ccccc5c5ccccc54)c32)cc1. The summed E-state index contributed by atoms with van der Waals surface area (Å²) >= 11 is 0. The van der Waals surface area contributed by atoms with Crippen molar-refractivity contribution in [1.29, 1.82) is 0 Å². The van der Waals surface area contributed by atoms with Gasteiger partial charge in [-0.05, 0) is 36.4 Å². The summed E-state index contributed by atoms with van der Waals surface area (Å²) in [4.78, 5) is 0. The lowest BCUT2D eigenvalue weighted by atomic mass is 10.1. The van der Waals surface area contributed by atoms with Crippen LogP contribution in [0.15, 0.2) is 237 Å². The third kappa shape index (κ3) is 5.22. The fourth-order valence-corrected chi connectivity index (χ4v) is 11.7. The van der Waals surface area contributed by atoms with Crippen molar-refractivity contribution in [3.05, 3.63) is 237 Å². The molecule has 0 N–H and O–H groups in total. The summed E-state index contributed by atoms with van der Waals surface area (Å²) in [6.07, 6.45) is 0. The minimum Gasteiger partial charge on any atom is -0.304 e. The average Bonchev–Trinajstić information content (AvgIpc) is 4.31. The summed E-state index contributed by atoms with van der Waals surface area (Å²) in [6.45, 7) is 0. The van der Waals surface area contributed by atoms with E-state index in [1.165, 1.54) is 0 Å². The van der Waals surface area contributed by atoms with Gasteiger partial charge in [-0.3, -0.25) is 0 Å². The van der Waals surface area contributed by atoms with Crippen LogP contribution < -0.4 is 0 Å². The molecule has 0 saturated carbocycles. The molecule has 0 spiro atoms. The first kappa shape index (κ1) is 38.9. The van der Waals surface area contributed by atoms with Gasteiger partial charge in [-0.2, -0.15) is 28.8 Å². The van der Waals surface area contributed by atoms with Gasteiger partial charge in [0, 0.05) is 49.0 Å². The zero-order valence-corrected chi connectivity index (χ0v) is 38.5. The van der Waals surface area contributed by atoms with Gasteiger partial charge < -0.3 is 13.7 Å². The number of nitrogens with zero attached hydrogens (tertiary/aromatic N) is 9. The fraction of sp³-hybridized carbons (Fsp3) is 0. The van der Waals surface area contributed by atoms with Crippen LogP contribution >= 0.6 is 0 Å². The molecular formula is C63H39N9. The first-order valence-electron chi connectivity index (χ1n) is 24.3. The van der Waals surface area contributed by atoms with Gasteiger partial charge >= 0.3 is 0 Å². The zero-order chi connectivity index (χ0) is 47.0. The van der Waals surface area contributed by atoms with Gasteiger partial charge in [0.15, 0.2) is 16.9 Å². The second kappa shape index (κ2) is 14.8. The molecule has 0 amide bonds. The zero-order valence-electron chi connectivity index (χ0n) is 38.5. The Labute approximate surface area is 410 Å². The first-order chi connectivity index (χ1) is 35.8. The third-order valence-electron chi connectivity index (χ3n) is 14.7. The van der Waals surface area contributed by atoms with Gasteiger partial charge in [0.2, 0.25) is 0 Å². The third-order valence-corrected chi connectivity index (χ3v) is 14.7. The summed E-state index contributed by atoms with van der Waals surface area (Å²) in [5.41, 5.74) is 16.8. The monoisotopic (exact) mass is 921 g/mol. The van der Waals surface area contributed by atoms with Crippen molar-refractivity contribution < 1.29 is 0 Å². The van der Waals surface area contributed by atoms with Gasteiger partial charge in [0.25, 0.3) is 0 Å². The molecule has 9 aromatic carbocycles. The van der Waals surface area contributed by atoms with E-state index in [0.29, 0.717) is 0 Å². The maximum atomic E-state index is 5.90. The number of hydrogen-bond acceptors (Lipinski definition) is 3. The molecule has 9 nitrogen and oxygen atoms in total. The van der Waals surface area contributed by atoms with Crippen LogP contribution in [0.3, 0.4) is 0 Å². The van der Waals surface area contributed by atoms with E-state index in [0.717, 1.165) is 133 Å². The van der Waals surface area contributed by atoms with Crippen LogP contribution in [0.25, 0.3) is 133 Å². The lowest BCUT2D eigenvalue weighted by Gasteiger charge is -2.13. The molecule has 0 aliphatic carbocycles. The van der Waals surface area contributed by atoms with Crippen molar-refractivity contribution in [2.45, 2.75) is 0 Å². The minimum atomic E-state index is 0.786. The number of hydrogen-bond donors (Lipinski definition) is 0. The van der Waals surface area contributed by atoms with Crippen LogP contribution in [0.4, 0.5) is 0 Å². The highest BCUT2D eigenvalue weighted by atomic mass is 15.5. The van der Waals surface area contributed by atoms with Gasteiger partial charge in [0.05, 0.1) is 33.1 Å². The molecule has 0 aliphatic rings. The van der Waals surface area contributed by atoms with Gasteiger partial charge in [0.1, 0.15) is 34.1 Å². The number of aromatic nitrogens is 9. The molecule has 0 atom stereocenters. The Morgan fingerprint density at radius 2 is 0.403 bits per heavy atom. The molecule has 0 aliphatic heterocycles. The van der Waals surface area contributed by atoms with Crippen LogP contribution in [-0.4, -0.2) is 42.5 Å². The second-order valence-electron chi connectivity index (χ2n) is 18.5. The van der Waals surface area contributed by atoms with Crippen molar-refractivity contribution >= 4 is 82.4 Å². The molecule has 336 valence electrons. The van der Waals surface area contributed by atoms with Crippen molar-refractivity contribution in [1.82, 2.24) is 42.5 Å². The lowest BCUT2D eigenvalue weighted by molar-refractivity contribution is 0.828. The van der Waals surface area contributed by atoms with Crippen LogP contribution in [0.1, 0.15) is 0 Å². The van der Waals surface area contributed by atoms with Crippen LogP contribution in [0.2, 0.25) is 0 Å². The molecule has 0 bridgehead atoms. The maximum Gasteiger partial charge on any atom is 0.186 e. The highest BCUT2D eigenvalue weighted by Crippen LogP contribution is 2.45. The molecule has 72 heavy (non-hydrogen) atoms. The topological polar surface area (TPSA) is 66.7 Å². The Bertz CT molecular complexity index is 4170. The second-order valence-corrected chi connectivity index (χ2v) is 18.5. The molecule has 16 aromatic rings. The van der Waals surface area contributed by atoms with E-state index in [4.69, 9.17) is 15.3 Å². The number of benzene rings is 9. The highest BCUT2D eigenvalue weighted by molar-refractivity contribution is 6.13. The Morgan fingerprint density at radius 3 is 0.625 bits per heavy atom. The van der Waals surface area contributed by atoms with E-state index >= 15 is 0 Å². The lowest BCUT2D eigenvalue weighted by Crippen LogP contribution is -2.09. The van der Waals surface area contributed by atoms with Crippen molar-refractivity contribution in [3.63, 3.8) is 0 Å². The van der Waals surface area contributed by atoms with E-state index in [2.05, 4.69) is 264 Å². The van der Waals surface area contributed by atoms with E-state index in [1.807, 2.05) is 0 Å². The van der Waals surface area contributed by atoms with E-state index in [-0.39, 0.29) is 0 Å². The molecule has 0 fully saturated rings.